The number of benzene rings is 2. The van der Waals surface area contributed by atoms with Crippen LogP contribution in [0.25, 0.3) is 0 Å². The van der Waals surface area contributed by atoms with E-state index < -0.39 is 0 Å². The highest BCUT2D eigenvalue weighted by atomic mass is 35.5. The molecule has 4 nitrogen and oxygen atoms in total. The van der Waals surface area contributed by atoms with Crippen molar-refractivity contribution in [1.29, 1.82) is 0 Å². The van der Waals surface area contributed by atoms with Gasteiger partial charge in [-0.05, 0) is 36.2 Å². The first-order valence-corrected chi connectivity index (χ1v) is 8.40. The predicted molar refractivity (Wildman–Crippen MR) is 95.8 cm³/mol. The third-order valence-corrected chi connectivity index (χ3v) is 4.61. The number of imidazole rings is 1. The lowest BCUT2D eigenvalue weighted by Crippen LogP contribution is -2.37. The first-order valence-electron chi connectivity index (χ1n) is 8.02. The van der Waals surface area contributed by atoms with E-state index in [1.807, 2.05) is 36.5 Å². The van der Waals surface area contributed by atoms with Gasteiger partial charge in [-0.25, -0.2) is 4.98 Å². The molecule has 0 bridgehead atoms. The van der Waals surface area contributed by atoms with Crippen LogP contribution in [0.5, 0.6) is 5.75 Å². The summed E-state index contributed by atoms with van der Waals surface area (Å²) < 4.78 is 5.80. The number of ether oxygens (including phenoxy) is 1. The Balaban J connectivity index is 1.70. The van der Waals surface area contributed by atoms with Gasteiger partial charge in [0.1, 0.15) is 12.4 Å². The molecule has 122 valence electrons. The number of para-hydroxylation sites is 2. The van der Waals surface area contributed by atoms with Gasteiger partial charge in [0.2, 0.25) is 0 Å². The molecule has 3 aromatic rings. The lowest BCUT2D eigenvalue weighted by Gasteiger charge is -2.37. The molecule has 0 saturated carbocycles. The van der Waals surface area contributed by atoms with Crippen LogP contribution in [0.4, 0.5) is 5.69 Å². The zero-order valence-corrected chi connectivity index (χ0v) is 13.9. The minimum Gasteiger partial charge on any atom is -0.490 e. The van der Waals surface area contributed by atoms with Crippen LogP contribution in [-0.4, -0.2) is 23.1 Å². The van der Waals surface area contributed by atoms with Gasteiger partial charge in [0.25, 0.3) is 0 Å². The molecule has 1 aliphatic heterocycles. The molecule has 5 heteroatoms. The number of nitrogens with one attached hydrogen (secondary N) is 1. The largest absolute Gasteiger partial charge is 0.490 e. The molecule has 0 spiro atoms. The lowest BCUT2D eigenvalue weighted by molar-refractivity contribution is 0.299. The zero-order chi connectivity index (χ0) is 16.4. The van der Waals surface area contributed by atoms with Gasteiger partial charge in [0, 0.05) is 5.02 Å². The van der Waals surface area contributed by atoms with Crippen LogP contribution in [0.3, 0.4) is 0 Å². The monoisotopic (exact) mass is 339 g/mol. The van der Waals surface area contributed by atoms with Gasteiger partial charge in [-0.1, -0.05) is 35.9 Å². The van der Waals surface area contributed by atoms with Crippen LogP contribution in [-0.2, 0) is 6.42 Å². The summed E-state index contributed by atoms with van der Waals surface area (Å²) >= 11 is 6.02. The quantitative estimate of drug-likeness (QED) is 0.772. The summed E-state index contributed by atoms with van der Waals surface area (Å²) in [5, 5.41) is 0.758. The molecular weight excluding hydrogens is 322 g/mol. The van der Waals surface area contributed by atoms with Crippen molar-refractivity contribution in [2.24, 2.45) is 0 Å². The van der Waals surface area contributed by atoms with Crippen molar-refractivity contribution >= 4 is 17.3 Å². The fraction of sp³-hybridized carbons (Fsp3) is 0.211. The number of H-pyrrole nitrogens is 1. The summed E-state index contributed by atoms with van der Waals surface area (Å²) in [6.45, 7) is 1.52. The number of anilines is 1. The average Bonchev–Trinajstić information content (AvgIpc) is 3.15. The topological polar surface area (TPSA) is 41.2 Å². The number of aromatic nitrogens is 2. The van der Waals surface area contributed by atoms with E-state index in [0.717, 1.165) is 35.1 Å². The molecule has 2 heterocycles. The summed E-state index contributed by atoms with van der Waals surface area (Å²) in [4.78, 5) is 9.88. The van der Waals surface area contributed by atoms with Gasteiger partial charge >= 0.3 is 0 Å². The Morgan fingerprint density at radius 2 is 2.00 bits per heavy atom. The van der Waals surface area contributed by atoms with Gasteiger partial charge in [0.05, 0.1) is 36.5 Å². The maximum Gasteiger partial charge on any atom is 0.142 e. The number of hydrogen-bond donors (Lipinski definition) is 1. The second kappa shape index (κ2) is 6.57. The smallest absolute Gasteiger partial charge is 0.142 e. The Bertz CT molecular complexity index is 802. The van der Waals surface area contributed by atoms with Crippen molar-refractivity contribution in [2.75, 3.05) is 18.1 Å². The second-order valence-corrected chi connectivity index (χ2v) is 6.30. The molecule has 1 aliphatic rings. The Morgan fingerprint density at radius 1 is 1.17 bits per heavy atom. The molecule has 1 aromatic heterocycles. The van der Waals surface area contributed by atoms with Gasteiger partial charge in [-0.2, -0.15) is 0 Å². The number of fused-ring (bicyclic) bond motifs is 1. The predicted octanol–water partition coefficient (Wildman–Crippen LogP) is 4.25. The number of aromatic amines is 1. The minimum atomic E-state index is 0.165. The first-order chi connectivity index (χ1) is 11.8. The molecule has 0 amide bonds. The Labute approximate surface area is 146 Å². The van der Waals surface area contributed by atoms with E-state index in [-0.39, 0.29) is 6.04 Å². The molecule has 1 unspecified atom stereocenters. The van der Waals surface area contributed by atoms with E-state index in [4.69, 9.17) is 16.3 Å². The van der Waals surface area contributed by atoms with Gasteiger partial charge in [-0.15, -0.1) is 0 Å². The van der Waals surface area contributed by atoms with Crippen LogP contribution in [0.15, 0.2) is 61.1 Å². The normalized spacial score (nSPS) is 14.8. The van der Waals surface area contributed by atoms with Gasteiger partial charge in [0.15, 0.2) is 0 Å². The van der Waals surface area contributed by atoms with Crippen LogP contribution in [0, 0.1) is 0 Å². The number of rotatable bonds is 4. The second-order valence-electron chi connectivity index (χ2n) is 5.86. The fourth-order valence-corrected chi connectivity index (χ4v) is 3.32. The van der Waals surface area contributed by atoms with Crippen LogP contribution in [0.1, 0.15) is 17.3 Å². The lowest BCUT2D eigenvalue weighted by atomic mass is 10.0. The van der Waals surface area contributed by atoms with Gasteiger partial charge in [-0.3, -0.25) is 0 Å². The average molecular weight is 340 g/mol. The third-order valence-electron chi connectivity index (χ3n) is 4.36. The molecule has 1 N–H and O–H groups in total. The van der Waals surface area contributed by atoms with Gasteiger partial charge < -0.3 is 14.6 Å². The Kier molecular flexibility index (Phi) is 4.13. The number of nitrogens with zero attached hydrogens (tertiary/aromatic N) is 2. The van der Waals surface area contributed by atoms with Crippen molar-refractivity contribution < 1.29 is 4.74 Å². The molecule has 2 aromatic carbocycles. The maximum atomic E-state index is 6.02. The van der Waals surface area contributed by atoms with Crippen molar-refractivity contribution in [3.8, 4) is 5.75 Å². The van der Waals surface area contributed by atoms with Crippen LogP contribution < -0.4 is 9.64 Å². The summed E-state index contributed by atoms with van der Waals surface area (Å²) in [6, 6.07) is 16.4. The number of hydrogen-bond acceptors (Lipinski definition) is 3. The fourth-order valence-electron chi connectivity index (χ4n) is 3.20. The minimum absolute atomic E-state index is 0.165. The molecule has 24 heavy (non-hydrogen) atoms. The molecule has 0 fully saturated rings. The third kappa shape index (κ3) is 2.97. The Morgan fingerprint density at radius 3 is 2.79 bits per heavy atom. The highest BCUT2D eigenvalue weighted by Crippen LogP contribution is 2.37. The van der Waals surface area contributed by atoms with Crippen molar-refractivity contribution in [3.05, 3.63) is 77.3 Å². The van der Waals surface area contributed by atoms with E-state index in [1.54, 1.807) is 6.33 Å². The van der Waals surface area contributed by atoms with E-state index in [1.165, 1.54) is 5.56 Å². The molecule has 4 rings (SSSR count). The maximum absolute atomic E-state index is 6.02. The molecule has 1 atom stereocenters. The SMILES string of the molecule is Clc1ccc(CC(c2cnc[nH]2)N2CCOc3ccccc32)cc1. The summed E-state index contributed by atoms with van der Waals surface area (Å²) in [6.07, 6.45) is 4.50. The zero-order valence-electron chi connectivity index (χ0n) is 13.2. The molecule has 0 saturated heterocycles. The van der Waals surface area contributed by atoms with Crippen molar-refractivity contribution in [1.82, 2.24) is 9.97 Å². The van der Waals surface area contributed by atoms with E-state index in [2.05, 4.69) is 33.1 Å². The highest BCUT2D eigenvalue weighted by Gasteiger charge is 2.27. The molecule has 0 aliphatic carbocycles. The Hall–Kier alpha value is -2.46. The summed E-state index contributed by atoms with van der Waals surface area (Å²) in [7, 11) is 0. The highest BCUT2D eigenvalue weighted by molar-refractivity contribution is 6.30. The number of halogens is 1. The van der Waals surface area contributed by atoms with Crippen LogP contribution in [0.2, 0.25) is 5.02 Å². The standard InChI is InChI=1S/C19H18ClN3O/c20-15-7-5-14(6-8-15)11-18(16-12-21-13-22-16)23-9-10-24-19-4-2-1-3-17(19)23/h1-8,12-13,18H,9-11H2,(H,21,22). The van der Waals surface area contributed by atoms with Crippen molar-refractivity contribution in [2.45, 2.75) is 12.5 Å². The van der Waals surface area contributed by atoms with Crippen molar-refractivity contribution in [3.63, 3.8) is 0 Å². The molecule has 0 radical (unpaired) electrons. The van der Waals surface area contributed by atoms with E-state index >= 15 is 0 Å². The summed E-state index contributed by atoms with van der Waals surface area (Å²) in [5.74, 6) is 0.935. The molecular formula is C19H18ClN3O. The van der Waals surface area contributed by atoms with Crippen LogP contribution >= 0.6 is 11.6 Å². The summed E-state index contributed by atoms with van der Waals surface area (Å²) in [5.41, 5.74) is 3.46. The first kappa shape index (κ1) is 15.1. The van der Waals surface area contributed by atoms with E-state index in [0.29, 0.717) is 6.61 Å². The van der Waals surface area contributed by atoms with E-state index in [9.17, 15) is 0 Å².